The predicted molar refractivity (Wildman–Crippen MR) is 47.3 cm³/mol. The number of hydrogen-bond donors (Lipinski definition) is 1. The first-order chi connectivity index (χ1) is 5.88. The van der Waals surface area contributed by atoms with E-state index < -0.39 is 0 Å². The van der Waals surface area contributed by atoms with E-state index in [1.54, 1.807) is 17.0 Å². The molecule has 0 unspecified atom stereocenters. The van der Waals surface area contributed by atoms with Crippen LogP contribution in [0, 0.1) is 5.41 Å². The van der Waals surface area contributed by atoms with Gasteiger partial charge in [-0.2, -0.15) is 0 Å². The zero-order valence-electron chi connectivity index (χ0n) is 6.27. The number of thiazole rings is 1. The summed E-state index contributed by atoms with van der Waals surface area (Å²) in [5.74, 6) is 0. The highest BCUT2D eigenvalue weighted by molar-refractivity contribution is 7.07. The van der Waals surface area contributed by atoms with E-state index in [1.807, 2.05) is 23.7 Å². The Kier molecular flexibility index (Phi) is 1.75. The summed E-state index contributed by atoms with van der Waals surface area (Å²) < 4.78 is 1.79. The molecule has 3 nitrogen and oxygen atoms in total. The highest BCUT2D eigenvalue weighted by Crippen LogP contribution is 2.02. The first kappa shape index (κ1) is 7.24. The molecule has 0 amide bonds. The van der Waals surface area contributed by atoms with E-state index in [1.165, 1.54) is 11.3 Å². The average Bonchev–Trinajstić information content (AvgIpc) is 2.53. The molecule has 0 aliphatic rings. The molecule has 0 spiro atoms. The molecular weight excluding hydrogens is 170 g/mol. The smallest absolute Gasteiger partial charge is 0.186 e. The normalized spacial score (nSPS) is 10.0. The Hall–Kier alpha value is -1.42. The predicted octanol–water partition coefficient (Wildman–Crippen LogP) is 1.41. The van der Waals surface area contributed by atoms with Crippen molar-refractivity contribution >= 4 is 11.3 Å². The fraction of sp³-hybridized carbons (Fsp3) is 0. The molecule has 0 saturated carbocycles. The van der Waals surface area contributed by atoms with Crippen LogP contribution in [0.5, 0.6) is 0 Å². The summed E-state index contributed by atoms with van der Waals surface area (Å²) >= 11 is 1.40. The van der Waals surface area contributed by atoms with Gasteiger partial charge in [-0.1, -0.05) is 0 Å². The average molecular weight is 177 g/mol. The summed E-state index contributed by atoms with van der Waals surface area (Å²) in [5, 5.41) is 9.43. The van der Waals surface area contributed by atoms with Gasteiger partial charge in [0.15, 0.2) is 4.80 Å². The second-order valence-corrected chi connectivity index (χ2v) is 3.18. The van der Waals surface area contributed by atoms with E-state index in [9.17, 15) is 0 Å². The number of aromatic nitrogens is 2. The fourth-order valence-electron chi connectivity index (χ4n) is 0.980. The minimum Gasteiger partial charge on any atom is -0.291 e. The summed E-state index contributed by atoms with van der Waals surface area (Å²) in [6, 6.07) is 3.79. The summed E-state index contributed by atoms with van der Waals surface area (Å²) in [6.45, 7) is 0. The highest BCUT2D eigenvalue weighted by atomic mass is 32.1. The number of rotatable bonds is 1. The topological polar surface area (TPSA) is 41.7 Å². The van der Waals surface area contributed by atoms with Gasteiger partial charge in [-0.25, -0.2) is 0 Å². The van der Waals surface area contributed by atoms with Crippen LogP contribution in [-0.2, 0) is 0 Å². The molecule has 60 valence electrons. The summed E-state index contributed by atoms with van der Waals surface area (Å²) in [5.41, 5.74) is 0.934. The summed E-state index contributed by atoms with van der Waals surface area (Å²) in [7, 11) is 0. The van der Waals surface area contributed by atoms with Crippen molar-refractivity contribution in [2.24, 2.45) is 0 Å². The number of nitrogens with zero attached hydrogens (tertiary/aromatic N) is 2. The second-order valence-electron chi connectivity index (χ2n) is 2.29. The first-order valence-electron chi connectivity index (χ1n) is 3.49. The number of pyridine rings is 1. The third-order valence-electron chi connectivity index (χ3n) is 1.53. The molecule has 2 aromatic heterocycles. The molecule has 2 heterocycles. The van der Waals surface area contributed by atoms with Crippen molar-refractivity contribution in [3.05, 3.63) is 40.9 Å². The van der Waals surface area contributed by atoms with Gasteiger partial charge in [0.25, 0.3) is 0 Å². The Labute approximate surface area is 73.5 Å². The van der Waals surface area contributed by atoms with Crippen LogP contribution in [0.4, 0.5) is 0 Å². The van der Waals surface area contributed by atoms with Crippen LogP contribution in [0.2, 0.25) is 0 Å². The Morgan fingerprint density at radius 1 is 1.50 bits per heavy atom. The number of hydrogen-bond acceptors (Lipinski definition) is 3. The maximum absolute atomic E-state index is 7.54. The lowest BCUT2D eigenvalue weighted by Gasteiger charge is -1.98. The zero-order valence-corrected chi connectivity index (χ0v) is 7.08. The molecule has 0 aliphatic heterocycles. The van der Waals surface area contributed by atoms with Crippen LogP contribution >= 0.6 is 11.3 Å². The molecule has 0 aromatic carbocycles. The molecule has 12 heavy (non-hydrogen) atoms. The maximum Gasteiger partial charge on any atom is 0.186 e. The Bertz CT molecular complexity index is 415. The van der Waals surface area contributed by atoms with E-state index in [0.717, 1.165) is 5.69 Å². The SMILES string of the molecule is N=c1sccn1-c1cccnc1. The molecular formula is C8H7N3S. The van der Waals surface area contributed by atoms with Gasteiger partial charge in [0.2, 0.25) is 0 Å². The Morgan fingerprint density at radius 3 is 3.00 bits per heavy atom. The minimum absolute atomic E-state index is 0.517. The monoisotopic (exact) mass is 177 g/mol. The van der Waals surface area contributed by atoms with Gasteiger partial charge < -0.3 is 0 Å². The molecule has 4 heteroatoms. The molecule has 0 fully saturated rings. The van der Waals surface area contributed by atoms with Crippen LogP contribution in [0.25, 0.3) is 5.69 Å². The van der Waals surface area contributed by atoms with Crippen molar-refractivity contribution in [2.45, 2.75) is 0 Å². The van der Waals surface area contributed by atoms with E-state index in [0.29, 0.717) is 4.80 Å². The van der Waals surface area contributed by atoms with Crippen molar-refractivity contribution in [2.75, 3.05) is 0 Å². The first-order valence-corrected chi connectivity index (χ1v) is 4.37. The molecule has 0 saturated heterocycles. The Morgan fingerprint density at radius 2 is 2.42 bits per heavy atom. The van der Waals surface area contributed by atoms with Gasteiger partial charge in [0.05, 0.1) is 11.9 Å². The molecule has 0 radical (unpaired) electrons. The van der Waals surface area contributed by atoms with E-state index in [2.05, 4.69) is 4.98 Å². The standard InChI is InChI=1S/C8H7N3S/c9-8-11(4-5-12-8)7-2-1-3-10-6-7/h1-6,9H. The largest absolute Gasteiger partial charge is 0.291 e. The lowest BCUT2D eigenvalue weighted by Crippen LogP contribution is -2.09. The van der Waals surface area contributed by atoms with Gasteiger partial charge in [-0.3, -0.25) is 15.0 Å². The number of nitrogens with one attached hydrogen (secondary N) is 1. The van der Waals surface area contributed by atoms with Crippen LogP contribution in [0.3, 0.4) is 0 Å². The minimum atomic E-state index is 0.517. The summed E-state index contributed by atoms with van der Waals surface area (Å²) in [6.07, 6.45) is 5.33. The van der Waals surface area contributed by atoms with Crippen molar-refractivity contribution < 1.29 is 0 Å². The van der Waals surface area contributed by atoms with Gasteiger partial charge in [-0.05, 0) is 12.1 Å². The van der Waals surface area contributed by atoms with Crippen LogP contribution < -0.4 is 4.80 Å². The molecule has 0 bridgehead atoms. The van der Waals surface area contributed by atoms with E-state index in [-0.39, 0.29) is 0 Å². The van der Waals surface area contributed by atoms with Crippen molar-refractivity contribution in [3.63, 3.8) is 0 Å². The summed E-state index contributed by atoms with van der Waals surface area (Å²) in [4.78, 5) is 4.50. The molecule has 2 rings (SSSR count). The second kappa shape index (κ2) is 2.91. The molecule has 0 atom stereocenters. The molecule has 1 N–H and O–H groups in total. The quantitative estimate of drug-likeness (QED) is 0.703. The lowest BCUT2D eigenvalue weighted by molar-refractivity contribution is 0.969. The zero-order chi connectivity index (χ0) is 8.39. The Balaban J connectivity index is 2.59. The van der Waals surface area contributed by atoms with Gasteiger partial charge in [0.1, 0.15) is 0 Å². The van der Waals surface area contributed by atoms with Gasteiger partial charge in [-0.15, -0.1) is 11.3 Å². The van der Waals surface area contributed by atoms with Crippen molar-refractivity contribution in [1.29, 1.82) is 5.41 Å². The maximum atomic E-state index is 7.54. The third kappa shape index (κ3) is 1.16. The molecule has 2 aromatic rings. The van der Waals surface area contributed by atoms with E-state index >= 15 is 0 Å². The van der Waals surface area contributed by atoms with Crippen molar-refractivity contribution in [1.82, 2.24) is 9.55 Å². The molecule has 0 aliphatic carbocycles. The van der Waals surface area contributed by atoms with E-state index in [4.69, 9.17) is 5.41 Å². The lowest BCUT2D eigenvalue weighted by atomic mass is 10.4. The fourth-order valence-corrected chi connectivity index (χ4v) is 1.57. The highest BCUT2D eigenvalue weighted by Gasteiger charge is 1.95. The van der Waals surface area contributed by atoms with Crippen molar-refractivity contribution in [3.8, 4) is 5.69 Å². The van der Waals surface area contributed by atoms with Gasteiger partial charge in [0, 0.05) is 17.8 Å². The third-order valence-corrected chi connectivity index (χ3v) is 2.21. The van der Waals surface area contributed by atoms with Crippen LogP contribution in [-0.4, -0.2) is 9.55 Å². The van der Waals surface area contributed by atoms with Gasteiger partial charge >= 0.3 is 0 Å². The van der Waals surface area contributed by atoms with Crippen LogP contribution in [0.1, 0.15) is 0 Å². The van der Waals surface area contributed by atoms with Crippen LogP contribution in [0.15, 0.2) is 36.1 Å².